The number of amides is 1. The van der Waals surface area contributed by atoms with E-state index in [1.807, 2.05) is 42.5 Å². The van der Waals surface area contributed by atoms with E-state index in [0.29, 0.717) is 41.9 Å². The first-order valence-electron chi connectivity index (χ1n) is 8.90. The topological polar surface area (TPSA) is 86.9 Å². The van der Waals surface area contributed by atoms with Crippen LogP contribution in [0.1, 0.15) is 18.2 Å². The van der Waals surface area contributed by atoms with Crippen LogP contribution in [0.3, 0.4) is 0 Å². The molecule has 0 saturated carbocycles. The average Bonchev–Trinajstić information content (AvgIpc) is 3.46. The van der Waals surface area contributed by atoms with Crippen molar-refractivity contribution in [1.29, 1.82) is 0 Å². The SMILES string of the molecule is COc1ccccc1-c1nc(C2CC(=O)N(c3ccc4c(c3)OCO4)C2)no1. The molecule has 0 radical (unpaired) electrons. The van der Waals surface area contributed by atoms with Gasteiger partial charge < -0.3 is 23.6 Å². The fourth-order valence-electron chi connectivity index (χ4n) is 3.51. The van der Waals surface area contributed by atoms with Crippen LogP contribution in [-0.2, 0) is 4.79 Å². The first kappa shape index (κ1) is 16.6. The molecule has 1 atom stereocenters. The van der Waals surface area contributed by atoms with Crippen LogP contribution in [-0.4, -0.2) is 36.5 Å². The zero-order valence-corrected chi connectivity index (χ0v) is 15.1. The minimum absolute atomic E-state index is 0.00695. The van der Waals surface area contributed by atoms with Gasteiger partial charge in [0.15, 0.2) is 17.3 Å². The van der Waals surface area contributed by atoms with E-state index in [-0.39, 0.29) is 18.6 Å². The van der Waals surface area contributed by atoms with Crippen molar-refractivity contribution in [2.45, 2.75) is 12.3 Å². The number of hydrogen-bond acceptors (Lipinski definition) is 7. The Morgan fingerprint density at radius 3 is 2.89 bits per heavy atom. The van der Waals surface area contributed by atoms with Gasteiger partial charge in [-0.25, -0.2) is 0 Å². The molecule has 1 saturated heterocycles. The minimum Gasteiger partial charge on any atom is -0.496 e. The highest BCUT2D eigenvalue weighted by molar-refractivity contribution is 5.96. The van der Waals surface area contributed by atoms with Gasteiger partial charge in [-0.3, -0.25) is 4.79 Å². The number of fused-ring (bicyclic) bond motifs is 1. The largest absolute Gasteiger partial charge is 0.496 e. The second-order valence-electron chi connectivity index (χ2n) is 6.60. The molecule has 1 amide bonds. The third-order valence-corrected chi connectivity index (χ3v) is 4.94. The maximum Gasteiger partial charge on any atom is 0.261 e. The smallest absolute Gasteiger partial charge is 0.261 e. The number of nitrogens with zero attached hydrogens (tertiary/aromatic N) is 3. The molecule has 2 aliphatic rings. The van der Waals surface area contributed by atoms with E-state index < -0.39 is 0 Å². The molecule has 2 aliphatic heterocycles. The molecule has 142 valence electrons. The molecule has 5 rings (SSSR count). The van der Waals surface area contributed by atoms with E-state index in [2.05, 4.69) is 10.1 Å². The van der Waals surface area contributed by atoms with E-state index >= 15 is 0 Å². The fourth-order valence-corrected chi connectivity index (χ4v) is 3.51. The maximum absolute atomic E-state index is 12.6. The normalized spacial score (nSPS) is 18.0. The van der Waals surface area contributed by atoms with Gasteiger partial charge in [0.1, 0.15) is 5.75 Å². The molecule has 2 aromatic carbocycles. The predicted octanol–water partition coefficient (Wildman–Crippen LogP) is 2.99. The molecule has 3 heterocycles. The molecule has 8 heteroatoms. The molecule has 8 nitrogen and oxygen atoms in total. The quantitative estimate of drug-likeness (QED) is 0.689. The summed E-state index contributed by atoms with van der Waals surface area (Å²) in [5.41, 5.74) is 1.49. The van der Waals surface area contributed by atoms with Crippen molar-refractivity contribution < 1.29 is 23.5 Å². The monoisotopic (exact) mass is 379 g/mol. The Balaban J connectivity index is 1.39. The Kier molecular flexibility index (Phi) is 3.89. The molecule has 3 aromatic rings. The Morgan fingerprint density at radius 2 is 2.00 bits per heavy atom. The van der Waals surface area contributed by atoms with Crippen LogP contribution < -0.4 is 19.1 Å². The van der Waals surface area contributed by atoms with Gasteiger partial charge in [0.05, 0.1) is 12.7 Å². The summed E-state index contributed by atoms with van der Waals surface area (Å²) in [6, 6.07) is 12.9. The Morgan fingerprint density at radius 1 is 1.14 bits per heavy atom. The number of hydrogen-bond donors (Lipinski definition) is 0. The highest BCUT2D eigenvalue weighted by Crippen LogP contribution is 2.38. The number of ether oxygens (including phenoxy) is 3. The molecule has 28 heavy (non-hydrogen) atoms. The molecule has 0 spiro atoms. The third kappa shape index (κ3) is 2.74. The van der Waals surface area contributed by atoms with Crippen molar-refractivity contribution >= 4 is 11.6 Å². The number of benzene rings is 2. The van der Waals surface area contributed by atoms with Crippen molar-refractivity contribution in [1.82, 2.24) is 10.1 Å². The van der Waals surface area contributed by atoms with Crippen LogP contribution in [0, 0.1) is 0 Å². The molecule has 0 aliphatic carbocycles. The Hall–Kier alpha value is -3.55. The lowest BCUT2D eigenvalue weighted by Crippen LogP contribution is -2.24. The standard InChI is InChI=1S/C20H17N3O5/c1-25-15-5-3-2-4-14(15)20-21-19(22-28-20)12-8-18(24)23(10-12)13-6-7-16-17(9-13)27-11-26-16/h2-7,9,12H,8,10-11H2,1H3. The molecule has 1 unspecified atom stereocenters. The minimum atomic E-state index is -0.148. The highest BCUT2D eigenvalue weighted by atomic mass is 16.7. The molecule has 1 fully saturated rings. The predicted molar refractivity (Wildman–Crippen MR) is 98.6 cm³/mol. The molecular formula is C20H17N3O5. The van der Waals surface area contributed by atoms with E-state index in [1.54, 1.807) is 12.0 Å². The van der Waals surface area contributed by atoms with E-state index in [0.717, 1.165) is 11.3 Å². The third-order valence-electron chi connectivity index (χ3n) is 4.94. The highest BCUT2D eigenvalue weighted by Gasteiger charge is 2.35. The fraction of sp³-hybridized carbons (Fsp3) is 0.250. The summed E-state index contributed by atoms with van der Waals surface area (Å²) in [6.45, 7) is 0.674. The van der Waals surface area contributed by atoms with Gasteiger partial charge in [-0.15, -0.1) is 0 Å². The van der Waals surface area contributed by atoms with E-state index in [1.165, 1.54) is 0 Å². The van der Waals surface area contributed by atoms with Gasteiger partial charge in [-0.1, -0.05) is 17.3 Å². The second kappa shape index (κ2) is 6.56. The number of aromatic nitrogens is 2. The first-order valence-corrected chi connectivity index (χ1v) is 8.90. The Labute approximate surface area is 160 Å². The molecule has 0 N–H and O–H groups in total. The van der Waals surface area contributed by atoms with Crippen LogP contribution in [0.5, 0.6) is 17.2 Å². The van der Waals surface area contributed by atoms with Crippen molar-refractivity contribution in [3.05, 3.63) is 48.3 Å². The summed E-state index contributed by atoms with van der Waals surface area (Å²) in [5.74, 6) is 2.73. The van der Waals surface area contributed by atoms with Crippen LogP contribution in [0.15, 0.2) is 47.0 Å². The van der Waals surface area contributed by atoms with Gasteiger partial charge in [0, 0.05) is 30.6 Å². The Bertz CT molecular complexity index is 1050. The van der Waals surface area contributed by atoms with Crippen molar-refractivity contribution in [3.63, 3.8) is 0 Å². The van der Waals surface area contributed by atoms with Crippen LogP contribution in [0.25, 0.3) is 11.5 Å². The number of anilines is 1. The number of rotatable bonds is 4. The summed E-state index contributed by atoms with van der Waals surface area (Å²) in [6.07, 6.45) is 0.319. The van der Waals surface area contributed by atoms with Crippen molar-refractivity contribution in [3.8, 4) is 28.7 Å². The second-order valence-corrected chi connectivity index (χ2v) is 6.60. The maximum atomic E-state index is 12.6. The van der Waals surface area contributed by atoms with Crippen LogP contribution in [0.4, 0.5) is 5.69 Å². The van der Waals surface area contributed by atoms with Gasteiger partial charge in [0.25, 0.3) is 5.89 Å². The zero-order chi connectivity index (χ0) is 19.1. The van der Waals surface area contributed by atoms with Crippen LogP contribution in [0.2, 0.25) is 0 Å². The van der Waals surface area contributed by atoms with Crippen LogP contribution >= 0.6 is 0 Å². The average molecular weight is 379 g/mol. The molecular weight excluding hydrogens is 362 g/mol. The van der Waals surface area contributed by atoms with Gasteiger partial charge >= 0.3 is 0 Å². The number of para-hydroxylation sites is 1. The molecule has 1 aromatic heterocycles. The lowest BCUT2D eigenvalue weighted by atomic mass is 10.1. The number of carbonyl (C=O) groups excluding carboxylic acids is 1. The first-order chi connectivity index (χ1) is 13.7. The van der Waals surface area contributed by atoms with Crippen molar-refractivity contribution in [2.75, 3.05) is 25.3 Å². The van der Waals surface area contributed by atoms with Gasteiger partial charge in [-0.2, -0.15) is 4.98 Å². The zero-order valence-electron chi connectivity index (χ0n) is 15.1. The van der Waals surface area contributed by atoms with E-state index in [9.17, 15) is 4.79 Å². The summed E-state index contributed by atoms with van der Waals surface area (Å²) in [7, 11) is 1.59. The number of methoxy groups -OCH3 is 1. The summed E-state index contributed by atoms with van der Waals surface area (Å²) >= 11 is 0. The summed E-state index contributed by atoms with van der Waals surface area (Å²) < 4.78 is 21.5. The van der Waals surface area contributed by atoms with Gasteiger partial charge in [0.2, 0.25) is 12.7 Å². The van der Waals surface area contributed by atoms with E-state index in [4.69, 9.17) is 18.7 Å². The summed E-state index contributed by atoms with van der Waals surface area (Å²) in [4.78, 5) is 18.8. The molecule has 0 bridgehead atoms. The lowest BCUT2D eigenvalue weighted by Gasteiger charge is -2.16. The van der Waals surface area contributed by atoms with Crippen molar-refractivity contribution in [2.24, 2.45) is 0 Å². The number of carbonyl (C=O) groups is 1. The summed E-state index contributed by atoms with van der Waals surface area (Å²) in [5, 5.41) is 4.11. The van der Waals surface area contributed by atoms with Gasteiger partial charge in [-0.05, 0) is 24.3 Å². The lowest BCUT2D eigenvalue weighted by molar-refractivity contribution is -0.117.